The van der Waals surface area contributed by atoms with E-state index in [1.54, 1.807) is 12.1 Å². The van der Waals surface area contributed by atoms with E-state index >= 15 is 0 Å². The summed E-state index contributed by atoms with van der Waals surface area (Å²) in [5, 5.41) is 13.8. The number of hydrazine groups is 1. The van der Waals surface area contributed by atoms with Crippen molar-refractivity contribution >= 4 is 11.6 Å². The van der Waals surface area contributed by atoms with Crippen LogP contribution in [-0.4, -0.2) is 23.5 Å². The molecule has 148 valence electrons. The second-order valence-corrected chi connectivity index (χ2v) is 6.99. The molecular formula is C20H24N4O4. The van der Waals surface area contributed by atoms with E-state index in [0.29, 0.717) is 13.1 Å². The fourth-order valence-corrected chi connectivity index (χ4v) is 3.14. The monoisotopic (exact) mass is 384 g/mol. The predicted octanol–water partition coefficient (Wildman–Crippen LogP) is 2.46. The lowest BCUT2D eigenvalue weighted by Crippen LogP contribution is -2.34. The highest BCUT2D eigenvalue weighted by Crippen LogP contribution is 2.26. The van der Waals surface area contributed by atoms with Gasteiger partial charge in [-0.2, -0.15) is 0 Å². The van der Waals surface area contributed by atoms with Crippen LogP contribution in [0, 0.1) is 16.0 Å². The van der Waals surface area contributed by atoms with E-state index in [9.17, 15) is 14.9 Å². The molecule has 1 aliphatic rings. The van der Waals surface area contributed by atoms with E-state index < -0.39 is 4.92 Å². The Kier molecular flexibility index (Phi) is 6.23. The van der Waals surface area contributed by atoms with Crippen LogP contribution < -0.4 is 20.9 Å². The Morgan fingerprint density at radius 2 is 1.89 bits per heavy atom. The highest BCUT2D eigenvalue weighted by Gasteiger charge is 2.34. The normalized spacial score (nSPS) is 18.8. The van der Waals surface area contributed by atoms with Crippen LogP contribution in [0.4, 0.5) is 5.69 Å². The van der Waals surface area contributed by atoms with Gasteiger partial charge in [0.15, 0.2) is 0 Å². The first-order valence-corrected chi connectivity index (χ1v) is 9.20. The van der Waals surface area contributed by atoms with Crippen LogP contribution in [0.1, 0.15) is 31.0 Å². The Bertz CT molecular complexity index is 821. The summed E-state index contributed by atoms with van der Waals surface area (Å²) in [6.45, 7) is 4.84. The number of nitrogens with one attached hydrogen (secondary N) is 3. The minimum Gasteiger partial charge on any atom is -0.491 e. The third kappa shape index (κ3) is 4.85. The molecular weight excluding hydrogens is 360 g/mol. The zero-order chi connectivity index (χ0) is 20.1. The van der Waals surface area contributed by atoms with Crippen LogP contribution in [-0.2, 0) is 11.3 Å². The molecule has 0 aliphatic carbocycles. The Hall–Kier alpha value is -2.97. The maximum Gasteiger partial charge on any atom is 0.269 e. The van der Waals surface area contributed by atoms with Crippen molar-refractivity contribution in [3.8, 4) is 5.75 Å². The maximum absolute atomic E-state index is 12.7. The van der Waals surface area contributed by atoms with Crippen molar-refractivity contribution in [1.82, 2.24) is 16.2 Å². The summed E-state index contributed by atoms with van der Waals surface area (Å²) in [6.07, 6.45) is 0.115. The summed E-state index contributed by atoms with van der Waals surface area (Å²) in [4.78, 5) is 23.0. The van der Waals surface area contributed by atoms with E-state index in [2.05, 4.69) is 16.2 Å². The highest BCUT2D eigenvalue weighted by molar-refractivity contribution is 5.80. The average Bonchev–Trinajstić information content (AvgIpc) is 3.17. The number of hydrogen-bond acceptors (Lipinski definition) is 6. The van der Waals surface area contributed by atoms with E-state index in [1.165, 1.54) is 12.1 Å². The molecule has 0 spiro atoms. The fourth-order valence-electron chi connectivity index (χ4n) is 3.14. The Morgan fingerprint density at radius 1 is 1.21 bits per heavy atom. The third-order valence-electron chi connectivity index (χ3n) is 4.54. The number of nitro benzene ring substituents is 1. The lowest BCUT2D eigenvalue weighted by Gasteiger charge is -2.18. The molecule has 1 aliphatic heterocycles. The average molecular weight is 384 g/mol. The summed E-state index contributed by atoms with van der Waals surface area (Å²) >= 11 is 0. The molecule has 2 aromatic rings. The van der Waals surface area contributed by atoms with Crippen molar-refractivity contribution in [3.63, 3.8) is 0 Å². The van der Waals surface area contributed by atoms with Crippen LogP contribution in [0.15, 0.2) is 48.5 Å². The van der Waals surface area contributed by atoms with E-state index in [4.69, 9.17) is 4.74 Å². The van der Waals surface area contributed by atoms with Crippen molar-refractivity contribution < 1.29 is 14.5 Å². The Balaban J connectivity index is 1.59. The minimum atomic E-state index is -0.439. The molecule has 28 heavy (non-hydrogen) atoms. The largest absolute Gasteiger partial charge is 0.491 e. The Labute approximate surface area is 163 Å². The van der Waals surface area contributed by atoms with Gasteiger partial charge in [-0.3, -0.25) is 20.3 Å². The van der Waals surface area contributed by atoms with Gasteiger partial charge in [-0.05, 0) is 37.1 Å². The third-order valence-corrected chi connectivity index (χ3v) is 4.54. The molecule has 2 unspecified atom stereocenters. The second-order valence-electron chi connectivity index (χ2n) is 6.99. The van der Waals surface area contributed by atoms with Crippen LogP contribution in [0.2, 0.25) is 0 Å². The SMILES string of the molecule is CC(C)Oc1ccc(CNC(=O)C2CNNC2c2ccc([N+](=O)[O-])cc2)cc1. The number of carbonyl (C=O) groups excluding carboxylic acids is 1. The number of nitrogens with zero attached hydrogens (tertiary/aromatic N) is 1. The lowest BCUT2D eigenvalue weighted by atomic mass is 9.94. The van der Waals surface area contributed by atoms with Crippen molar-refractivity contribution in [2.75, 3.05) is 6.54 Å². The smallest absolute Gasteiger partial charge is 0.269 e. The minimum absolute atomic E-state index is 0.0283. The van der Waals surface area contributed by atoms with Gasteiger partial charge in [0, 0.05) is 25.2 Å². The first-order chi connectivity index (χ1) is 13.4. The summed E-state index contributed by atoms with van der Waals surface area (Å²) in [5.41, 5.74) is 7.92. The van der Waals surface area contributed by atoms with E-state index in [1.807, 2.05) is 38.1 Å². The van der Waals surface area contributed by atoms with Gasteiger partial charge in [0.05, 0.1) is 23.0 Å². The quantitative estimate of drug-likeness (QED) is 0.500. The van der Waals surface area contributed by atoms with Gasteiger partial charge in [-0.25, -0.2) is 5.43 Å². The second kappa shape index (κ2) is 8.81. The molecule has 2 atom stereocenters. The van der Waals surface area contributed by atoms with Crippen LogP contribution >= 0.6 is 0 Å². The first-order valence-electron chi connectivity index (χ1n) is 9.20. The summed E-state index contributed by atoms with van der Waals surface area (Å²) < 4.78 is 5.62. The molecule has 1 amide bonds. The number of ether oxygens (including phenoxy) is 1. The number of carbonyl (C=O) groups is 1. The van der Waals surface area contributed by atoms with Gasteiger partial charge < -0.3 is 10.1 Å². The number of rotatable bonds is 7. The zero-order valence-corrected chi connectivity index (χ0v) is 15.8. The molecule has 2 aromatic carbocycles. The molecule has 1 saturated heterocycles. The highest BCUT2D eigenvalue weighted by atomic mass is 16.6. The van der Waals surface area contributed by atoms with Gasteiger partial charge in [0.25, 0.3) is 5.69 Å². The van der Waals surface area contributed by atoms with Crippen molar-refractivity contribution in [1.29, 1.82) is 0 Å². The molecule has 0 aromatic heterocycles. The van der Waals surface area contributed by atoms with Gasteiger partial charge >= 0.3 is 0 Å². The molecule has 1 heterocycles. The van der Waals surface area contributed by atoms with Gasteiger partial charge in [0.1, 0.15) is 5.75 Å². The van der Waals surface area contributed by atoms with Crippen LogP contribution in [0.3, 0.4) is 0 Å². The molecule has 3 rings (SSSR count). The molecule has 0 radical (unpaired) electrons. The molecule has 0 saturated carbocycles. The molecule has 8 nitrogen and oxygen atoms in total. The lowest BCUT2D eigenvalue weighted by molar-refractivity contribution is -0.384. The first kappa shape index (κ1) is 19.8. The number of benzene rings is 2. The van der Waals surface area contributed by atoms with Gasteiger partial charge in [0.2, 0.25) is 5.91 Å². The number of amides is 1. The predicted molar refractivity (Wildman–Crippen MR) is 105 cm³/mol. The summed E-state index contributed by atoms with van der Waals surface area (Å²) in [7, 11) is 0. The Morgan fingerprint density at radius 3 is 2.50 bits per heavy atom. The summed E-state index contributed by atoms with van der Waals surface area (Å²) in [6, 6.07) is 13.6. The topological polar surface area (TPSA) is 106 Å². The number of non-ortho nitro benzene ring substituents is 1. The van der Waals surface area contributed by atoms with Gasteiger partial charge in [-0.1, -0.05) is 24.3 Å². The van der Waals surface area contributed by atoms with Crippen LogP contribution in [0.5, 0.6) is 5.75 Å². The number of hydrogen-bond donors (Lipinski definition) is 3. The molecule has 3 N–H and O–H groups in total. The summed E-state index contributed by atoms with van der Waals surface area (Å²) in [5.74, 6) is 0.404. The van der Waals surface area contributed by atoms with E-state index in [-0.39, 0.29) is 29.7 Å². The molecule has 1 fully saturated rings. The van der Waals surface area contributed by atoms with Crippen molar-refractivity contribution in [3.05, 3.63) is 69.8 Å². The van der Waals surface area contributed by atoms with Crippen LogP contribution in [0.25, 0.3) is 0 Å². The number of nitro groups is 1. The molecule has 8 heteroatoms. The van der Waals surface area contributed by atoms with Gasteiger partial charge in [-0.15, -0.1) is 0 Å². The fraction of sp³-hybridized carbons (Fsp3) is 0.350. The van der Waals surface area contributed by atoms with Crippen molar-refractivity contribution in [2.24, 2.45) is 5.92 Å². The van der Waals surface area contributed by atoms with E-state index in [0.717, 1.165) is 16.9 Å². The zero-order valence-electron chi connectivity index (χ0n) is 15.8. The molecule has 0 bridgehead atoms. The van der Waals surface area contributed by atoms with Crippen molar-refractivity contribution in [2.45, 2.75) is 32.5 Å². The standard InChI is InChI=1S/C20H24N4O4/c1-13(2)28-17-9-3-14(4-10-17)11-21-20(25)18-12-22-23-19(18)15-5-7-16(8-6-15)24(26)27/h3-10,13,18-19,22-23H,11-12H2,1-2H3,(H,21,25). The maximum atomic E-state index is 12.7.